The van der Waals surface area contributed by atoms with Gasteiger partial charge < -0.3 is 19.9 Å². The lowest BCUT2D eigenvalue weighted by molar-refractivity contribution is -0.143. The molecule has 0 heterocycles. The van der Waals surface area contributed by atoms with Gasteiger partial charge in [-0.15, -0.1) is 0 Å². The molecule has 0 aromatic heterocycles. The lowest BCUT2D eigenvalue weighted by Crippen LogP contribution is -2.28. The van der Waals surface area contributed by atoms with Gasteiger partial charge in [0.25, 0.3) is 0 Å². The van der Waals surface area contributed by atoms with Crippen LogP contribution in [0.5, 0.6) is 0 Å². The molecule has 0 atom stereocenters. The second-order valence-corrected chi connectivity index (χ2v) is 3.92. The number of carbonyl (C=O) groups is 2. The van der Waals surface area contributed by atoms with Crippen molar-refractivity contribution < 1.29 is 24.2 Å². The van der Waals surface area contributed by atoms with Gasteiger partial charge >= 0.3 is 5.97 Å². The molecule has 0 aliphatic carbocycles. The van der Waals surface area contributed by atoms with E-state index >= 15 is 0 Å². The average molecular weight is 267 g/mol. The summed E-state index contributed by atoms with van der Waals surface area (Å²) in [5.41, 5.74) is 1.97. The number of methoxy groups -OCH3 is 1. The number of ether oxygens (including phenoxy) is 2. The highest BCUT2D eigenvalue weighted by molar-refractivity contribution is 5.77. The summed E-state index contributed by atoms with van der Waals surface area (Å²) in [5, 5.41) is 11.0. The molecular weight excluding hydrogens is 250 g/mol. The average Bonchev–Trinajstić information content (AvgIpc) is 2.37. The first-order chi connectivity index (χ1) is 9.11. The van der Waals surface area contributed by atoms with Crippen LogP contribution in [-0.4, -0.2) is 37.3 Å². The summed E-state index contributed by atoms with van der Waals surface area (Å²) in [4.78, 5) is 21.5. The number of rotatable bonds is 8. The van der Waals surface area contributed by atoms with Crippen molar-refractivity contribution in [1.82, 2.24) is 5.32 Å². The molecule has 19 heavy (non-hydrogen) atoms. The van der Waals surface area contributed by atoms with Gasteiger partial charge in [0.15, 0.2) is 0 Å². The topological polar surface area (TPSA) is 84.9 Å². The molecule has 0 aliphatic heterocycles. The Labute approximate surface area is 111 Å². The van der Waals surface area contributed by atoms with Crippen molar-refractivity contribution in [2.75, 3.05) is 20.3 Å². The molecule has 0 spiro atoms. The van der Waals surface area contributed by atoms with Gasteiger partial charge in [0.05, 0.1) is 6.61 Å². The molecule has 0 saturated carbocycles. The Bertz CT molecular complexity index is 433. The summed E-state index contributed by atoms with van der Waals surface area (Å²) in [7, 11) is 1.62. The van der Waals surface area contributed by atoms with E-state index in [1.807, 2.05) is 24.3 Å². The van der Waals surface area contributed by atoms with Crippen molar-refractivity contribution in [1.29, 1.82) is 0 Å². The SMILES string of the molecule is COCc1cccc(CNC(=O)COCC(=O)O)c1. The number of carbonyl (C=O) groups excluding carboxylic acids is 1. The predicted octanol–water partition coefficient (Wildman–Crippen LogP) is 0.550. The third-order valence-electron chi connectivity index (χ3n) is 2.25. The molecule has 0 unspecified atom stereocenters. The second kappa shape index (κ2) is 8.23. The molecule has 0 bridgehead atoms. The van der Waals surface area contributed by atoms with Gasteiger partial charge in [-0.3, -0.25) is 4.79 Å². The van der Waals surface area contributed by atoms with Crippen LogP contribution in [0.2, 0.25) is 0 Å². The van der Waals surface area contributed by atoms with Crippen LogP contribution >= 0.6 is 0 Å². The summed E-state index contributed by atoms with van der Waals surface area (Å²) < 4.78 is 9.70. The minimum Gasteiger partial charge on any atom is -0.480 e. The van der Waals surface area contributed by atoms with Crippen molar-refractivity contribution in [2.24, 2.45) is 0 Å². The fourth-order valence-corrected chi connectivity index (χ4v) is 1.48. The molecule has 1 aromatic carbocycles. The first-order valence-corrected chi connectivity index (χ1v) is 5.75. The van der Waals surface area contributed by atoms with E-state index in [0.29, 0.717) is 13.2 Å². The highest BCUT2D eigenvalue weighted by Gasteiger charge is 2.04. The molecule has 6 nitrogen and oxygen atoms in total. The highest BCUT2D eigenvalue weighted by atomic mass is 16.5. The Morgan fingerprint density at radius 2 is 2.00 bits per heavy atom. The molecule has 0 aliphatic rings. The molecule has 0 fully saturated rings. The van der Waals surface area contributed by atoms with E-state index in [1.165, 1.54) is 0 Å². The monoisotopic (exact) mass is 267 g/mol. The van der Waals surface area contributed by atoms with Gasteiger partial charge in [-0.1, -0.05) is 24.3 Å². The molecule has 1 amide bonds. The van der Waals surface area contributed by atoms with Crippen LogP contribution in [0, 0.1) is 0 Å². The van der Waals surface area contributed by atoms with Crippen molar-refractivity contribution in [2.45, 2.75) is 13.2 Å². The molecule has 1 rings (SSSR count). The van der Waals surface area contributed by atoms with E-state index in [4.69, 9.17) is 9.84 Å². The van der Waals surface area contributed by atoms with Crippen LogP contribution in [0.1, 0.15) is 11.1 Å². The maximum absolute atomic E-state index is 11.4. The molecule has 6 heteroatoms. The number of hydrogen-bond acceptors (Lipinski definition) is 4. The maximum Gasteiger partial charge on any atom is 0.329 e. The first-order valence-electron chi connectivity index (χ1n) is 5.75. The zero-order chi connectivity index (χ0) is 14.1. The number of carboxylic acids is 1. The molecule has 0 saturated heterocycles. The second-order valence-electron chi connectivity index (χ2n) is 3.92. The lowest BCUT2D eigenvalue weighted by Gasteiger charge is -2.07. The van der Waals surface area contributed by atoms with Crippen LogP contribution in [-0.2, 0) is 32.2 Å². The number of benzene rings is 1. The molecule has 104 valence electrons. The van der Waals surface area contributed by atoms with Gasteiger partial charge in [0, 0.05) is 13.7 Å². The smallest absolute Gasteiger partial charge is 0.329 e. The summed E-state index contributed by atoms with van der Waals surface area (Å²) in [6.45, 7) is 0.150. The zero-order valence-corrected chi connectivity index (χ0v) is 10.7. The van der Waals surface area contributed by atoms with Crippen LogP contribution in [0.25, 0.3) is 0 Å². The fourth-order valence-electron chi connectivity index (χ4n) is 1.48. The number of amides is 1. The van der Waals surface area contributed by atoms with E-state index in [9.17, 15) is 9.59 Å². The van der Waals surface area contributed by atoms with Gasteiger partial charge in [-0.05, 0) is 11.1 Å². The maximum atomic E-state index is 11.4. The summed E-state index contributed by atoms with van der Waals surface area (Å²) >= 11 is 0. The van der Waals surface area contributed by atoms with E-state index in [0.717, 1.165) is 11.1 Å². The standard InChI is InChI=1S/C13H17NO5/c1-18-7-11-4-2-3-10(5-11)6-14-12(15)8-19-9-13(16)17/h2-5H,6-9H2,1H3,(H,14,15)(H,16,17). The van der Waals surface area contributed by atoms with Crippen LogP contribution < -0.4 is 5.32 Å². The third-order valence-corrected chi connectivity index (χ3v) is 2.25. The minimum absolute atomic E-state index is 0.260. The van der Waals surface area contributed by atoms with Gasteiger partial charge in [0.1, 0.15) is 13.2 Å². The third kappa shape index (κ3) is 6.54. The summed E-state index contributed by atoms with van der Waals surface area (Å²) in [5.74, 6) is -1.45. The molecular formula is C13H17NO5. The number of aliphatic carboxylic acids is 1. The summed E-state index contributed by atoms with van der Waals surface area (Å²) in [6.07, 6.45) is 0. The first kappa shape index (κ1) is 15.1. The van der Waals surface area contributed by atoms with Gasteiger partial charge in [0.2, 0.25) is 5.91 Å². The van der Waals surface area contributed by atoms with E-state index < -0.39 is 12.6 Å². The lowest BCUT2D eigenvalue weighted by atomic mass is 10.1. The molecule has 1 aromatic rings. The summed E-state index contributed by atoms with van der Waals surface area (Å²) in [6, 6.07) is 7.64. The van der Waals surface area contributed by atoms with Crippen molar-refractivity contribution in [3.8, 4) is 0 Å². The minimum atomic E-state index is -1.10. The van der Waals surface area contributed by atoms with Crippen molar-refractivity contribution >= 4 is 11.9 Å². The Morgan fingerprint density at radius 3 is 2.68 bits per heavy atom. The van der Waals surface area contributed by atoms with Crippen molar-refractivity contribution in [3.05, 3.63) is 35.4 Å². The largest absolute Gasteiger partial charge is 0.480 e. The Hall–Kier alpha value is -1.92. The van der Waals surface area contributed by atoms with Crippen LogP contribution in [0.4, 0.5) is 0 Å². The quantitative estimate of drug-likeness (QED) is 0.718. The van der Waals surface area contributed by atoms with Crippen LogP contribution in [0.3, 0.4) is 0 Å². The Kier molecular flexibility index (Phi) is 6.56. The van der Waals surface area contributed by atoms with E-state index in [-0.39, 0.29) is 12.5 Å². The van der Waals surface area contributed by atoms with Gasteiger partial charge in [-0.25, -0.2) is 4.79 Å². The van der Waals surface area contributed by atoms with Crippen molar-refractivity contribution in [3.63, 3.8) is 0 Å². The fraction of sp³-hybridized carbons (Fsp3) is 0.385. The number of nitrogens with one attached hydrogen (secondary N) is 1. The predicted molar refractivity (Wildman–Crippen MR) is 67.5 cm³/mol. The Balaban J connectivity index is 2.33. The van der Waals surface area contributed by atoms with Crippen LogP contribution in [0.15, 0.2) is 24.3 Å². The molecule has 0 radical (unpaired) electrons. The van der Waals surface area contributed by atoms with Gasteiger partial charge in [-0.2, -0.15) is 0 Å². The highest BCUT2D eigenvalue weighted by Crippen LogP contribution is 2.06. The number of carboxylic acid groups (broad SMARTS) is 1. The normalized spacial score (nSPS) is 10.2. The zero-order valence-electron chi connectivity index (χ0n) is 10.7. The van der Waals surface area contributed by atoms with E-state index in [1.54, 1.807) is 7.11 Å². The van der Waals surface area contributed by atoms with E-state index in [2.05, 4.69) is 10.1 Å². The number of hydrogen-bond donors (Lipinski definition) is 2. The molecule has 2 N–H and O–H groups in total. The Morgan fingerprint density at radius 1 is 1.26 bits per heavy atom.